The summed E-state index contributed by atoms with van der Waals surface area (Å²) in [6, 6.07) is 27.5. The van der Waals surface area contributed by atoms with Gasteiger partial charge in [-0.05, 0) is 35.7 Å². The molecule has 0 bridgehead atoms. The van der Waals surface area contributed by atoms with Crippen molar-refractivity contribution in [2.45, 2.75) is 50.8 Å². The molecule has 4 atom stereocenters. The van der Waals surface area contributed by atoms with Gasteiger partial charge in [0, 0.05) is 12.5 Å². The molecule has 0 aromatic heterocycles. The lowest BCUT2D eigenvalue weighted by Gasteiger charge is -2.27. The molecule has 196 valence electrons. The average molecular weight is 502 g/mol. The molecule has 37 heavy (non-hydrogen) atoms. The summed E-state index contributed by atoms with van der Waals surface area (Å²) in [7, 11) is 1.65. The zero-order chi connectivity index (χ0) is 26.3. The normalized spacial score (nSPS) is 14.7. The number of benzene rings is 3. The molecule has 0 amide bonds. The van der Waals surface area contributed by atoms with Gasteiger partial charge < -0.3 is 19.3 Å². The third-order valence-corrected chi connectivity index (χ3v) is 6.08. The van der Waals surface area contributed by atoms with Gasteiger partial charge in [-0.1, -0.05) is 91.0 Å². The fraction of sp³-hybridized carbons (Fsp3) is 0.312. The standard InChI is InChI=1S/C32H39NO4/c1-4-29(24-36-22-27-13-9-6-10-14-27)33-31(20-17-26-11-7-5-8-12-26)32(34)21-25(2)37-23-28-15-18-30(35-3)19-16-28/h4-20,25,29,31-34H,1,21-24H2,2-3H3/b20-17+/t25-,29-,31-,32+/m0/s1. The van der Waals surface area contributed by atoms with Crippen molar-refractivity contribution in [1.82, 2.24) is 5.32 Å². The third-order valence-electron chi connectivity index (χ3n) is 6.08. The molecule has 0 unspecified atom stereocenters. The fourth-order valence-corrected chi connectivity index (χ4v) is 3.90. The highest BCUT2D eigenvalue weighted by Gasteiger charge is 2.22. The first-order chi connectivity index (χ1) is 18.1. The predicted molar refractivity (Wildman–Crippen MR) is 150 cm³/mol. The molecule has 0 spiro atoms. The number of nitrogens with one attached hydrogen (secondary N) is 1. The van der Waals surface area contributed by atoms with Gasteiger partial charge in [-0.25, -0.2) is 0 Å². The molecule has 0 aliphatic heterocycles. The lowest BCUT2D eigenvalue weighted by molar-refractivity contribution is 0.00711. The van der Waals surface area contributed by atoms with E-state index in [0.29, 0.717) is 26.2 Å². The van der Waals surface area contributed by atoms with E-state index in [9.17, 15) is 5.11 Å². The molecule has 0 aliphatic carbocycles. The van der Waals surface area contributed by atoms with E-state index in [1.807, 2.05) is 110 Å². The van der Waals surface area contributed by atoms with Gasteiger partial charge in [0.05, 0.1) is 45.2 Å². The van der Waals surface area contributed by atoms with E-state index in [-0.39, 0.29) is 18.2 Å². The van der Waals surface area contributed by atoms with Crippen LogP contribution in [0, 0.1) is 0 Å². The van der Waals surface area contributed by atoms with Gasteiger partial charge >= 0.3 is 0 Å². The summed E-state index contributed by atoms with van der Waals surface area (Å²) < 4.78 is 17.2. The second kappa shape index (κ2) is 15.8. The Bertz CT molecular complexity index is 1050. The van der Waals surface area contributed by atoms with Crippen molar-refractivity contribution in [3.05, 3.63) is 120 Å². The number of rotatable bonds is 16. The van der Waals surface area contributed by atoms with Crippen LogP contribution in [0.3, 0.4) is 0 Å². The Morgan fingerprint density at radius 3 is 2.19 bits per heavy atom. The van der Waals surface area contributed by atoms with E-state index in [1.165, 1.54) is 0 Å². The van der Waals surface area contributed by atoms with Gasteiger partial charge in [0.1, 0.15) is 5.75 Å². The Kier molecular flexibility index (Phi) is 12.1. The maximum Gasteiger partial charge on any atom is 0.118 e. The van der Waals surface area contributed by atoms with Crippen LogP contribution in [-0.4, -0.2) is 43.1 Å². The third kappa shape index (κ3) is 10.3. The zero-order valence-electron chi connectivity index (χ0n) is 21.8. The van der Waals surface area contributed by atoms with Crippen molar-refractivity contribution in [3.63, 3.8) is 0 Å². The summed E-state index contributed by atoms with van der Waals surface area (Å²) in [6.45, 7) is 7.40. The highest BCUT2D eigenvalue weighted by atomic mass is 16.5. The lowest BCUT2D eigenvalue weighted by atomic mass is 10.0. The largest absolute Gasteiger partial charge is 0.497 e. The minimum Gasteiger partial charge on any atom is -0.497 e. The molecule has 0 saturated heterocycles. The van der Waals surface area contributed by atoms with E-state index in [2.05, 4.69) is 11.9 Å². The number of hydrogen-bond acceptors (Lipinski definition) is 5. The summed E-state index contributed by atoms with van der Waals surface area (Å²) in [4.78, 5) is 0. The van der Waals surface area contributed by atoms with E-state index in [0.717, 1.165) is 22.4 Å². The second-order valence-corrected chi connectivity index (χ2v) is 9.08. The van der Waals surface area contributed by atoms with Crippen molar-refractivity contribution < 1.29 is 19.3 Å². The number of ether oxygens (including phenoxy) is 3. The molecule has 0 heterocycles. The predicted octanol–water partition coefficient (Wildman–Crippen LogP) is 5.79. The summed E-state index contributed by atoms with van der Waals surface area (Å²) >= 11 is 0. The SMILES string of the molecule is C=C[C@@H](COCc1ccccc1)N[C@@H](/C=C/c1ccccc1)[C@H](O)C[C@H](C)OCc1ccc(OC)cc1. The van der Waals surface area contributed by atoms with Gasteiger partial charge in [-0.2, -0.15) is 0 Å². The van der Waals surface area contributed by atoms with Crippen molar-refractivity contribution in [2.75, 3.05) is 13.7 Å². The first-order valence-corrected chi connectivity index (χ1v) is 12.7. The van der Waals surface area contributed by atoms with Crippen LogP contribution >= 0.6 is 0 Å². The van der Waals surface area contributed by atoms with Crippen LogP contribution in [0.1, 0.15) is 30.0 Å². The van der Waals surface area contributed by atoms with Crippen LogP contribution in [-0.2, 0) is 22.7 Å². The maximum atomic E-state index is 11.2. The summed E-state index contributed by atoms with van der Waals surface area (Å²) in [6.07, 6.45) is 5.52. The molecule has 0 saturated carbocycles. The van der Waals surface area contributed by atoms with Crippen LogP contribution in [0.25, 0.3) is 6.08 Å². The van der Waals surface area contributed by atoms with Crippen LogP contribution in [0.4, 0.5) is 0 Å². The molecule has 2 N–H and O–H groups in total. The van der Waals surface area contributed by atoms with Crippen molar-refractivity contribution in [1.29, 1.82) is 0 Å². The highest BCUT2D eigenvalue weighted by Crippen LogP contribution is 2.15. The summed E-state index contributed by atoms with van der Waals surface area (Å²) in [5.41, 5.74) is 3.25. The number of aliphatic hydroxyl groups excluding tert-OH is 1. The highest BCUT2D eigenvalue weighted by molar-refractivity contribution is 5.49. The molecule has 0 fully saturated rings. The molecule has 3 rings (SSSR count). The van der Waals surface area contributed by atoms with Crippen molar-refractivity contribution in [3.8, 4) is 5.75 Å². The molecule has 0 aliphatic rings. The Morgan fingerprint density at radius 2 is 1.54 bits per heavy atom. The monoisotopic (exact) mass is 501 g/mol. The van der Waals surface area contributed by atoms with Crippen LogP contribution < -0.4 is 10.1 Å². The lowest BCUT2D eigenvalue weighted by Crippen LogP contribution is -2.46. The number of hydrogen-bond donors (Lipinski definition) is 2. The molecule has 0 radical (unpaired) electrons. The quantitative estimate of drug-likeness (QED) is 0.243. The smallest absolute Gasteiger partial charge is 0.118 e. The zero-order valence-corrected chi connectivity index (χ0v) is 21.8. The van der Waals surface area contributed by atoms with Crippen LogP contribution in [0.15, 0.2) is 104 Å². The Morgan fingerprint density at radius 1 is 0.892 bits per heavy atom. The summed E-state index contributed by atoms with van der Waals surface area (Å²) in [5, 5.41) is 14.7. The Balaban J connectivity index is 1.58. The van der Waals surface area contributed by atoms with Crippen LogP contribution in [0.5, 0.6) is 5.75 Å². The minimum absolute atomic E-state index is 0.126. The summed E-state index contributed by atoms with van der Waals surface area (Å²) in [5.74, 6) is 0.816. The molecule has 5 nitrogen and oxygen atoms in total. The van der Waals surface area contributed by atoms with Gasteiger partial charge in [0.15, 0.2) is 0 Å². The Hall–Kier alpha value is -3.22. The number of methoxy groups -OCH3 is 1. The first kappa shape index (κ1) is 28.4. The maximum absolute atomic E-state index is 11.2. The van der Waals surface area contributed by atoms with Crippen LogP contribution in [0.2, 0.25) is 0 Å². The Labute approximate surface area is 221 Å². The number of aliphatic hydroxyl groups is 1. The van der Waals surface area contributed by atoms with Crippen molar-refractivity contribution in [2.24, 2.45) is 0 Å². The van der Waals surface area contributed by atoms with Gasteiger partial charge in [0.2, 0.25) is 0 Å². The molecule has 3 aromatic rings. The average Bonchev–Trinajstić information content (AvgIpc) is 2.94. The molecule has 5 heteroatoms. The van der Waals surface area contributed by atoms with Gasteiger partial charge in [-0.3, -0.25) is 5.32 Å². The van der Waals surface area contributed by atoms with Gasteiger partial charge in [0.25, 0.3) is 0 Å². The topological polar surface area (TPSA) is 60.0 Å². The van der Waals surface area contributed by atoms with E-state index < -0.39 is 6.10 Å². The molecule has 3 aromatic carbocycles. The minimum atomic E-state index is -0.664. The fourth-order valence-electron chi connectivity index (χ4n) is 3.90. The van der Waals surface area contributed by atoms with E-state index >= 15 is 0 Å². The second-order valence-electron chi connectivity index (χ2n) is 9.08. The first-order valence-electron chi connectivity index (χ1n) is 12.7. The van der Waals surface area contributed by atoms with Gasteiger partial charge in [-0.15, -0.1) is 6.58 Å². The molecular weight excluding hydrogens is 462 g/mol. The van der Waals surface area contributed by atoms with Crippen molar-refractivity contribution >= 4 is 6.08 Å². The van der Waals surface area contributed by atoms with E-state index in [4.69, 9.17) is 14.2 Å². The molecular formula is C32H39NO4. The van der Waals surface area contributed by atoms with E-state index in [1.54, 1.807) is 7.11 Å².